The third kappa shape index (κ3) is 5.75. The third-order valence-corrected chi connectivity index (χ3v) is 4.24. The summed E-state index contributed by atoms with van der Waals surface area (Å²) < 4.78 is 33.0. The molecule has 9 heteroatoms. The van der Waals surface area contributed by atoms with Gasteiger partial charge in [-0.2, -0.15) is 0 Å². The molecule has 160 valence electrons. The second kappa shape index (κ2) is 9.66. The normalized spacial score (nSPS) is 11.4. The van der Waals surface area contributed by atoms with Crippen LogP contribution in [0.25, 0.3) is 0 Å². The van der Waals surface area contributed by atoms with E-state index in [1.54, 1.807) is 30.3 Å². The van der Waals surface area contributed by atoms with Crippen molar-refractivity contribution in [1.82, 2.24) is 10.3 Å². The molecular formula is C22H20F2N4O3. The number of benzene rings is 2. The number of nitrogens with one attached hydrogen (secondary N) is 3. The molecule has 7 nitrogen and oxygen atoms in total. The first-order chi connectivity index (χ1) is 14.9. The Morgan fingerprint density at radius 2 is 1.74 bits per heavy atom. The van der Waals surface area contributed by atoms with Crippen LogP contribution in [-0.2, 0) is 0 Å². The molecule has 0 aliphatic rings. The van der Waals surface area contributed by atoms with Crippen molar-refractivity contribution in [3.63, 3.8) is 0 Å². The minimum absolute atomic E-state index is 0.121. The Hall–Kier alpha value is -4.01. The molecule has 31 heavy (non-hydrogen) atoms. The number of anilines is 2. The molecule has 0 aliphatic heterocycles. The van der Waals surface area contributed by atoms with Gasteiger partial charge in [-0.25, -0.2) is 13.6 Å². The molecule has 1 heterocycles. The van der Waals surface area contributed by atoms with E-state index in [1.165, 1.54) is 38.4 Å². The maximum Gasteiger partial charge on any atom is 0.323 e. The summed E-state index contributed by atoms with van der Waals surface area (Å²) in [5, 5.41) is 7.41. The first kappa shape index (κ1) is 21.7. The summed E-state index contributed by atoms with van der Waals surface area (Å²) in [6.45, 7) is 1.33. The topological polar surface area (TPSA) is 92.4 Å². The number of carbonyl (C=O) groups is 2. The SMILES string of the molecule is CNC(=O)c1cc(Oc2ccc(NC(=O)Nc3cc(C(C)F)ccc3F)cc2)ccn1. The van der Waals surface area contributed by atoms with Gasteiger partial charge in [0.25, 0.3) is 5.91 Å². The van der Waals surface area contributed by atoms with Gasteiger partial charge in [-0.3, -0.25) is 9.78 Å². The Bertz CT molecular complexity index is 1090. The predicted octanol–water partition coefficient (Wildman–Crippen LogP) is 5.05. The van der Waals surface area contributed by atoms with E-state index < -0.39 is 18.0 Å². The standard InChI is InChI=1S/C22H20F2N4O3/c1-13(23)14-3-8-18(24)19(11-14)28-22(30)27-15-4-6-16(7-5-15)31-17-9-10-26-20(12-17)21(29)25-2/h3-13H,1-2H3,(H,25,29)(H2,27,28,30). The van der Waals surface area contributed by atoms with E-state index in [0.29, 0.717) is 17.2 Å². The molecule has 2 aromatic carbocycles. The molecule has 1 aromatic heterocycles. The lowest BCUT2D eigenvalue weighted by Crippen LogP contribution is -2.20. The van der Waals surface area contributed by atoms with Crippen molar-refractivity contribution in [3.8, 4) is 11.5 Å². The molecule has 3 aromatic rings. The lowest BCUT2D eigenvalue weighted by molar-refractivity contribution is 0.0958. The molecule has 3 rings (SSSR count). The highest BCUT2D eigenvalue weighted by molar-refractivity contribution is 5.99. The predicted molar refractivity (Wildman–Crippen MR) is 113 cm³/mol. The monoisotopic (exact) mass is 426 g/mol. The van der Waals surface area contributed by atoms with Crippen molar-refractivity contribution in [2.24, 2.45) is 0 Å². The molecule has 3 N–H and O–H groups in total. The van der Waals surface area contributed by atoms with Crippen LogP contribution in [0.4, 0.5) is 25.0 Å². The number of alkyl halides is 1. The molecule has 0 saturated heterocycles. The summed E-state index contributed by atoms with van der Waals surface area (Å²) in [6.07, 6.45) is 0.169. The number of ether oxygens (including phenoxy) is 1. The number of carbonyl (C=O) groups excluding carboxylic acids is 2. The second-order valence-electron chi connectivity index (χ2n) is 6.52. The molecular weight excluding hydrogens is 406 g/mol. The van der Waals surface area contributed by atoms with E-state index >= 15 is 0 Å². The zero-order valence-corrected chi connectivity index (χ0v) is 16.8. The van der Waals surface area contributed by atoms with Gasteiger partial charge in [-0.15, -0.1) is 0 Å². The van der Waals surface area contributed by atoms with Crippen LogP contribution in [0, 0.1) is 5.82 Å². The molecule has 0 aliphatic carbocycles. The van der Waals surface area contributed by atoms with E-state index in [-0.39, 0.29) is 22.9 Å². The maximum absolute atomic E-state index is 13.9. The summed E-state index contributed by atoms with van der Waals surface area (Å²) in [7, 11) is 1.51. The van der Waals surface area contributed by atoms with Gasteiger partial charge in [0.05, 0.1) is 5.69 Å². The number of aromatic nitrogens is 1. The second-order valence-corrected chi connectivity index (χ2v) is 6.52. The van der Waals surface area contributed by atoms with Crippen LogP contribution in [0.3, 0.4) is 0 Å². The molecule has 0 spiro atoms. The van der Waals surface area contributed by atoms with Gasteiger partial charge >= 0.3 is 6.03 Å². The Morgan fingerprint density at radius 1 is 1.00 bits per heavy atom. The van der Waals surface area contributed by atoms with Crippen LogP contribution >= 0.6 is 0 Å². The lowest BCUT2D eigenvalue weighted by atomic mass is 10.1. The fourth-order valence-electron chi connectivity index (χ4n) is 2.64. The Morgan fingerprint density at radius 3 is 2.42 bits per heavy atom. The first-order valence-corrected chi connectivity index (χ1v) is 9.33. The maximum atomic E-state index is 13.9. The molecule has 0 bridgehead atoms. The largest absolute Gasteiger partial charge is 0.457 e. The van der Waals surface area contributed by atoms with E-state index in [0.717, 1.165) is 6.07 Å². The van der Waals surface area contributed by atoms with Gasteiger partial charge in [-0.1, -0.05) is 6.07 Å². The number of hydrogen-bond acceptors (Lipinski definition) is 4. The van der Waals surface area contributed by atoms with Crippen LogP contribution in [0.2, 0.25) is 0 Å². The Labute approximate surface area is 177 Å². The number of amides is 3. The zero-order valence-electron chi connectivity index (χ0n) is 16.8. The zero-order chi connectivity index (χ0) is 22.4. The molecule has 1 unspecified atom stereocenters. The van der Waals surface area contributed by atoms with Crippen LogP contribution in [0.1, 0.15) is 29.1 Å². The molecule has 0 saturated carbocycles. The van der Waals surface area contributed by atoms with Gasteiger partial charge in [0.2, 0.25) is 0 Å². The highest BCUT2D eigenvalue weighted by atomic mass is 19.1. The fourth-order valence-corrected chi connectivity index (χ4v) is 2.64. The van der Waals surface area contributed by atoms with Gasteiger partial charge in [0.15, 0.2) is 0 Å². The Balaban J connectivity index is 1.63. The smallest absolute Gasteiger partial charge is 0.323 e. The Kier molecular flexibility index (Phi) is 6.76. The average molecular weight is 426 g/mol. The minimum Gasteiger partial charge on any atom is -0.457 e. The van der Waals surface area contributed by atoms with Crippen molar-refractivity contribution in [1.29, 1.82) is 0 Å². The van der Waals surface area contributed by atoms with Gasteiger partial charge in [0, 0.05) is 25.0 Å². The summed E-state index contributed by atoms with van der Waals surface area (Å²) in [4.78, 5) is 27.8. The van der Waals surface area contributed by atoms with E-state index in [9.17, 15) is 18.4 Å². The number of hydrogen-bond donors (Lipinski definition) is 3. The highest BCUT2D eigenvalue weighted by Crippen LogP contribution is 2.25. The summed E-state index contributed by atoms with van der Waals surface area (Å²) in [5.41, 5.74) is 0.785. The lowest BCUT2D eigenvalue weighted by Gasteiger charge is -2.11. The van der Waals surface area contributed by atoms with E-state index in [4.69, 9.17) is 4.74 Å². The number of rotatable bonds is 6. The van der Waals surface area contributed by atoms with E-state index in [1.807, 2.05) is 0 Å². The first-order valence-electron chi connectivity index (χ1n) is 9.33. The van der Waals surface area contributed by atoms with Crippen molar-refractivity contribution in [2.75, 3.05) is 17.7 Å². The minimum atomic E-state index is -1.29. The van der Waals surface area contributed by atoms with Crippen molar-refractivity contribution < 1.29 is 23.1 Å². The number of pyridine rings is 1. The van der Waals surface area contributed by atoms with E-state index in [2.05, 4.69) is 20.9 Å². The van der Waals surface area contributed by atoms with Crippen LogP contribution in [0.5, 0.6) is 11.5 Å². The molecule has 1 atom stereocenters. The van der Waals surface area contributed by atoms with Crippen LogP contribution in [-0.4, -0.2) is 24.0 Å². The number of urea groups is 1. The van der Waals surface area contributed by atoms with Crippen LogP contribution < -0.4 is 20.7 Å². The fraction of sp³-hybridized carbons (Fsp3) is 0.136. The van der Waals surface area contributed by atoms with Crippen molar-refractivity contribution in [2.45, 2.75) is 13.1 Å². The number of nitrogens with zero attached hydrogens (tertiary/aromatic N) is 1. The van der Waals surface area contributed by atoms with Crippen molar-refractivity contribution >= 4 is 23.3 Å². The summed E-state index contributed by atoms with van der Waals surface area (Å²) >= 11 is 0. The van der Waals surface area contributed by atoms with Crippen LogP contribution in [0.15, 0.2) is 60.8 Å². The molecule has 0 fully saturated rings. The third-order valence-electron chi connectivity index (χ3n) is 4.24. The van der Waals surface area contributed by atoms with Gasteiger partial charge in [0.1, 0.15) is 29.2 Å². The quantitative estimate of drug-likeness (QED) is 0.515. The summed E-state index contributed by atoms with van der Waals surface area (Å²) in [6, 6.07) is 12.5. The van der Waals surface area contributed by atoms with Crippen molar-refractivity contribution in [3.05, 3.63) is 77.9 Å². The average Bonchev–Trinajstić information content (AvgIpc) is 2.76. The molecule has 0 radical (unpaired) electrons. The highest BCUT2D eigenvalue weighted by Gasteiger charge is 2.11. The van der Waals surface area contributed by atoms with Gasteiger partial charge < -0.3 is 20.7 Å². The summed E-state index contributed by atoms with van der Waals surface area (Å²) in [5.74, 6) is -0.115. The molecule has 3 amide bonds. The number of halogens is 2. The van der Waals surface area contributed by atoms with Gasteiger partial charge in [-0.05, 0) is 55.0 Å².